The number of aromatic nitrogens is 1. The van der Waals surface area contributed by atoms with Crippen LogP contribution in [0.4, 0.5) is 4.79 Å². The van der Waals surface area contributed by atoms with Gasteiger partial charge in [0.05, 0.1) is 4.70 Å². The van der Waals surface area contributed by atoms with Crippen LogP contribution in [-0.2, 0) is 0 Å². The first kappa shape index (κ1) is 9.60. The van der Waals surface area contributed by atoms with Crippen LogP contribution < -0.4 is 11.1 Å². The maximum Gasteiger partial charge on any atom is 0.319 e. The van der Waals surface area contributed by atoms with Crippen molar-refractivity contribution in [1.82, 2.24) is 9.69 Å². The van der Waals surface area contributed by atoms with E-state index in [4.69, 9.17) is 5.73 Å². The molecule has 0 unspecified atom stereocenters. The summed E-state index contributed by atoms with van der Waals surface area (Å²) in [6, 6.07) is 6.41. The van der Waals surface area contributed by atoms with Gasteiger partial charge in [0.15, 0.2) is 0 Å². The zero-order valence-corrected chi connectivity index (χ0v) is 8.38. The van der Waals surface area contributed by atoms with Gasteiger partial charge in [0, 0.05) is 5.39 Å². The van der Waals surface area contributed by atoms with Gasteiger partial charge in [0.25, 0.3) is 5.91 Å². The molecule has 2 rings (SSSR count). The van der Waals surface area contributed by atoms with Crippen molar-refractivity contribution in [2.75, 3.05) is 0 Å². The van der Waals surface area contributed by atoms with E-state index >= 15 is 0 Å². The van der Waals surface area contributed by atoms with Crippen LogP contribution in [0, 0.1) is 0 Å². The van der Waals surface area contributed by atoms with Crippen molar-refractivity contribution < 1.29 is 9.59 Å². The molecule has 1 aromatic carbocycles. The molecular weight excluding hydrogens is 214 g/mol. The van der Waals surface area contributed by atoms with E-state index in [1.807, 2.05) is 17.4 Å². The van der Waals surface area contributed by atoms with Gasteiger partial charge in [-0.15, -0.1) is 0 Å². The fraction of sp³-hybridized carbons (Fsp3) is 0. The molecule has 0 aliphatic carbocycles. The Labute approximate surface area is 89.1 Å². The summed E-state index contributed by atoms with van der Waals surface area (Å²) in [6.07, 6.45) is 0. The first-order valence-electron chi connectivity index (χ1n) is 4.13. The SMILES string of the molecule is NC(=O)NC(=O)c1nsc2ccccc12. The van der Waals surface area contributed by atoms with Crippen molar-refractivity contribution in [3.63, 3.8) is 0 Å². The summed E-state index contributed by atoms with van der Waals surface area (Å²) in [6.45, 7) is 0. The van der Waals surface area contributed by atoms with Crippen LogP contribution in [0.25, 0.3) is 10.1 Å². The van der Waals surface area contributed by atoms with Crippen LogP contribution in [0.3, 0.4) is 0 Å². The Balaban J connectivity index is 2.44. The molecule has 0 bridgehead atoms. The smallest absolute Gasteiger partial charge is 0.319 e. The van der Waals surface area contributed by atoms with E-state index in [9.17, 15) is 9.59 Å². The molecule has 5 nitrogen and oxygen atoms in total. The summed E-state index contributed by atoms with van der Waals surface area (Å²) in [5.41, 5.74) is 5.08. The minimum absolute atomic E-state index is 0.231. The number of primary amides is 1. The average Bonchev–Trinajstić information content (AvgIpc) is 2.59. The third-order valence-corrected chi connectivity index (χ3v) is 2.66. The third kappa shape index (κ3) is 1.79. The molecule has 0 atom stereocenters. The zero-order valence-electron chi connectivity index (χ0n) is 7.56. The Morgan fingerprint density at radius 2 is 2.07 bits per heavy atom. The standard InChI is InChI=1S/C9H7N3O2S/c10-9(14)11-8(13)7-5-3-1-2-4-6(5)15-12-7/h1-4H,(H3,10,11,13,14). The maximum absolute atomic E-state index is 11.5. The Morgan fingerprint density at radius 1 is 1.33 bits per heavy atom. The zero-order chi connectivity index (χ0) is 10.8. The number of amides is 3. The van der Waals surface area contributed by atoms with Crippen LogP contribution in [0.5, 0.6) is 0 Å². The molecule has 0 saturated carbocycles. The number of nitrogens with two attached hydrogens (primary N) is 1. The van der Waals surface area contributed by atoms with Crippen LogP contribution >= 0.6 is 11.5 Å². The second kappa shape index (κ2) is 3.66. The molecule has 0 aliphatic heterocycles. The summed E-state index contributed by atoms with van der Waals surface area (Å²) in [5, 5.41) is 2.70. The lowest BCUT2D eigenvalue weighted by molar-refractivity contribution is 0.0964. The van der Waals surface area contributed by atoms with Crippen LogP contribution in [-0.4, -0.2) is 16.3 Å². The molecule has 3 amide bonds. The molecule has 15 heavy (non-hydrogen) atoms. The minimum Gasteiger partial charge on any atom is -0.351 e. The van der Waals surface area contributed by atoms with Crippen molar-refractivity contribution in [3.05, 3.63) is 30.0 Å². The number of imide groups is 1. The molecule has 0 saturated heterocycles. The summed E-state index contributed by atoms with van der Waals surface area (Å²) >= 11 is 1.21. The Kier molecular flexibility index (Phi) is 2.34. The van der Waals surface area contributed by atoms with Gasteiger partial charge < -0.3 is 5.73 Å². The van der Waals surface area contributed by atoms with Gasteiger partial charge >= 0.3 is 6.03 Å². The highest BCUT2D eigenvalue weighted by atomic mass is 32.1. The van der Waals surface area contributed by atoms with Crippen molar-refractivity contribution in [2.24, 2.45) is 5.73 Å². The van der Waals surface area contributed by atoms with E-state index in [1.54, 1.807) is 12.1 Å². The van der Waals surface area contributed by atoms with Gasteiger partial charge in [0.1, 0.15) is 5.69 Å². The van der Waals surface area contributed by atoms with Gasteiger partial charge in [-0.1, -0.05) is 18.2 Å². The number of fused-ring (bicyclic) bond motifs is 1. The molecular formula is C9H7N3O2S. The quantitative estimate of drug-likeness (QED) is 0.756. The first-order valence-corrected chi connectivity index (χ1v) is 4.91. The van der Waals surface area contributed by atoms with E-state index in [0.717, 1.165) is 10.1 Å². The molecule has 76 valence electrons. The number of carbonyl (C=O) groups excluding carboxylic acids is 2. The largest absolute Gasteiger partial charge is 0.351 e. The van der Waals surface area contributed by atoms with Crippen LogP contribution in [0.2, 0.25) is 0 Å². The molecule has 2 aromatic rings. The molecule has 1 aromatic heterocycles. The third-order valence-electron chi connectivity index (χ3n) is 1.83. The van der Waals surface area contributed by atoms with Gasteiger partial charge in [-0.25, -0.2) is 4.79 Å². The number of nitrogens with one attached hydrogen (secondary N) is 1. The molecule has 1 heterocycles. The summed E-state index contributed by atoms with van der Waals surface area (Å²) in [5.74, 6) is -0.569. The highest BCUT2D eigenvalue weighted by molar-refractivity contribution is 7.13. The molecule has 0 fully saturated rings. The van der Waals surface area contributed by atoms with Crippen molar-refractivity contribution >= 4 is 33.6 Å². The number of nitrogens with zero attached hydrogens (tertiary/aromatic N) is 1. The molecule has 0 radical (unpaired) electrons. The topological polar surface area (TPSA) is 85.1 Å². The summed E-state index contributed by atoms with van der Waals surface area (Å²) in [4.78, 5) is 22.0. The highest BCUT2D eigenvalue weighted by Gasteiger charge is 2.14. The van der Waals surface area contributed by atoms with E-state index in [0.29, 0.717) is 0 Å². The number of urea groups is 1. The van der Waals surface area contributed by atoms with Crippen molar-refractivity contribution in [1.29, 1.82) is 0 Å². The van der Waals surface area contributed by atoms with Gasteiger partial charge in [-0.3, -0.25) is 10.1 Å². The lowest BCUT2D eigenvalue weighted by atomic mass is 10.2. The Hall–Kier alpha value is -1.95. The monoisotopic (exact) mass is 221 g/mol. The van der Waals surface area contributed by atoms with E-state index in [-0.39, 0.29) is 5.69 Å². The second-order valence-corrected chi connectivity index (χ2v) is 3.65. The van der Waals surface area contributed by atoms with Gasteiger partial charge in [-0.05, 0) is 17.6 Å². The molecule has 3 N–H and O–H groups in total. The predicted octanol–water partition coefficient (Wildman–Crippen LogP) is 1.10. The van der Waals surface area contributed by atoms with Gasteiger partial charge in [-0.2, -0.15) is 4.37 Å². The fourth-order valence-corrected chi connectivity index (χ4v) is 1.99. The predicted molar refractivity (Wildman–Crippen MR) is 56.7 cm³/mol. The van der Waals surface area contributed by atoms with Crippen molar-refractivity contribution in [2.45, 2.75) is 0 Å². The highest BCUT2D eigenvalue weighted by Crippen LogP contribution is 2.21. The average molecular weight is 221 g/mol. The van der Waals surface area contributed by atoms with Crippen LogP contribution in [0.1, 0.15) is 10.5 Å². The number of hydrogen-bond donors (Lipinski definition) is 2. The lowest BCUT2D eigenvalue weighted by Gasteiger charge is -1.96. The van der Waals surface area contributed by atoms with E-state index in [1.165, 1.54) is 11.5 Å². The number of carbonyl (C=O) groups is 2. The van der Waals surface area contributed by atoms with E-state index in [2.05, 4.69) is 4.37 Å². The van der Waals surface area contributed by atoms with Crippen molar-refractivity contribution in [3.8, 4) is 0 Å². The summed E-state index contributed by atoms with van der Waals surface area (Å²) in [7, 11) is 0. The Morgan fingerprint density at radius 3 is 2.80 bits per heavy atom. The van der Waals surface area contributed by atoms with Crippen LogP contribution in [0.15, 0.2) is 24.3 Å². The number of benzene rings is 1. The summed E-state index contributed by atoms with van der Waals surface area (Å²) < 4.78 is 4.87. The minimum atomic E-state index is -0.878. The maximum atomic E-state index is 11.5. The van der Waals surface area contributed by atoms with Gasteiger partial charge in [0.2, 0.25) is 0 Å². The van der Waals surface area contributed by atoms with E-state index < -0.39 is 11.9 Å². The molecule has 0 spiro atoms. The second-order valence-electron chi connectivity index (χ2n) is 2.85. The fourth-order valence-electron chi connectivity index (χ4n) is 1.22. The Bertz CT molecular complexity index is 535. The molecule has 0 aliphatic rings. The normalized spacial score (nSPS) is 10.1. The molecule has 6 heteroatoms. The first-order chi connectivity index (χ1) is 7.18. The number of hydrogen-bond acceptors (Lipinski definition) is 4. The number of rotatable bonds is 1. The lowest BCUT2D eigenvalue weighted by Crippen LogP contribution is -2.35.